The van der Waals surface area contributed by atoms with Crippen LogP contribution in [-0.2, 0) is 16.1 Å². The number of amides is 1. The maximum Gasteiger partial charge on any atom is 0.343 e. The number of halogens is 1. The van der Waals surface area contributed by atoms with Gasteiger partial charge in [-0.3, -0.25) is 14.3 Å². The van der Waals surface area contributed by atoms with E-state index >= 15 is 0 Å². The summed E-state index contributed by atoms with van der Waals surface area (Å²) in [6.45, 7) is 2.68. The fraction of sp³-hybridized carbons (Fsp3) is 0.130. The molecule has 0 saturated heterocycles. The Kier molecular flexibility index (Phi) is 6.06. The maximum atomic E-state index is 14.2. The van der Waals surface area contributed by atoms with Gasteiger partial charge in [0.25, 0.3) is 0 Å². The standard InChI is InChI=1S/C23H17FN4O4S/c1-14-20(17(11-25)21(32-14)27-9-5-6-10-27)22(30)31-12-16-13-33-23(26-16)28(15(2)29)19-8-4-3-7-18(19)24/h3-10,13H,12H2,1-2H3. The topological polar surface area (TPSA) is 101 Å². The lowest BCUT2D eigenvalue weighted by atomic mass is 10.1. The summed E-state index contributed by atoms with van der Waals surface area (Å²) >= 11 is 1.11. The van der Waals surface area contributed by atoms with E-state index in [1.54, 1.807) is 47.5 Å². The number of rotatable bonds is 6. The van der Waals surface area contributed by atoms with Crippen molar-refractivity contribution in [3.63, 3.8) is 0 Å². The van der Waals surface area contributed by atoms with Crippen LogP contribution in [0.15, 0.2) is 58.6 Å². The minimum absolute atomic E-state index is 0.0355. The lowest BCUT2D eigenvalue weighted by Gasteiger charge is -2.18. The van der Waals surface area contributed by atoms with E-state index in [2.05, 4.69) is 4.98 Å². The predicted octanol–water partition coefficient (Wildman–Crippen LogP) is 4.89. The molecule has 3 aromatic heterocycles. The van der Waals surface area contributed by atoms with Crippen LogP contribution in [0.1, 0.15) is 34.3 Å². The van der Waals surface area contributed by atoms with Gasteiger partial charge in [-0.05, 0) is 31.2 Å². The average molecular weight is 464 g/mol. The molecule has 1 amide bonds. The van der Waals surface area contributed by atoms with Gasteiger partial charge in [0, 0.05) is 24.7 Å². The molecule has 1 aromatic carbocycles. The van der Waals surface area contributed by atoms with Crippen molar-refractivity contribution in [2.45, 2.75) is 20.5 Å². The van der Waals surface area contributed by atoms with Crippen LogP contribution >= 0.6 is 11.3 Å². The summed E-state index contributed by atoms with van der Waals surface area (Å²) in [6.07, 6.45) is 3.39. The van der Waals surface area contributed by atoms with Gasteiger partial charge in [0.1, 0.15) is 35.4 Å². The Balaban J connectivity index is 1.54. The van der Waals surface area contributed by atoms with Gasteiger partial charge in [-0.25, -0.2) is 14.2 Å². The molecule has 0 spiro atoms. The van der Waals surface area contributed by atoms with E-state index in [-0.39, 0.29) is 40.2 Å². The van der Waals surface area contributed by atoms with E-state index in [1.807, 2.05) is 6.07 Å². The van der Waals surface area contributed by atoms with Gasteiger partial charge in [-0.1, -0.05) is 12.1 Å². The number of ether oxygens (including phenoxy) is 1. The Morgan fingerprint density at radius 1 is 1.27 bits per heavy atom. The Bertz CT molecular complexity index is 1370. The molecule has 10 heteroatoms. The van der Waals surface area contributed by atoms with Crippen LogP contribution < -0.4 is 4.90 Å². The number of carbonyl (C=O) groups excluding carboxylic acids is 2. The number of nitrogens with zero attached hydrogens (tertiary/aromatic N) is 4. The third kappa shape index (κ3) is 4.26. The second-order valence-corrected chi connectivity index (χ2v) is 7.76. The van der Waals surface area contributed by atoms with Gasteiger partial charge in [0.2, 0.25) is 11.8 Å². The molecule has 0 atom stereocenters. The van der Waals surface area contributed by atoms with E-state index in [0.29, 0.717) is 5.69 Å². The van der Waals surface area contributed by atoms with Gasteiger partial charge in [-0.2, -0.15) is 5.26 Å². The van der Waals surface area contributed by atoms with Crippen molar-refractivity contribution in [3.8, 4) is 12.0 Å². The van der Waals surface area contributed by atoms with Crippen LogP contribution in [0.2, 0.25) is 0 Å². The third-order valence-electron chi connectivity index (χ3n) is 4.71. The fourth-order valence-corrected chi connectivity index (χ4v) is 4.11. The van der Waals surface area contributed by atoms with Gasteiger partial charge >= 0.3 is 5.97 Å². The van der Waals surface area contributed by atoms with Crippen LogP contribution in [0.25, 0.3) is 5.88 Å². The Morgan fingerprint density at radius 3 is 2.67 bits per heavy atom. The second kappa shape index (κ2) is 9.10. The molecular formula is C23H17FN4O4S. The van der Waals surface area contributed by atoms with Crippen LogP contribution in [0.4, 0.5) is 15.2 Å². The van der Waals surface area contributed by atoms with E-state index < -0.39 is 17.7 Å². The lowest BCUT2D eigenvalue weighted by Crippen LogP contribution is -2.23. The van der Waals surface area contributed by atoms with Crippen LogP contribution in [0.5, 0.6) is 0 Å². The molecule has 33 heavy (non-hydrogen) atoms. The van der Waals surface area contributed by atoms with E-state index in [4.69, 9.17) is 9.15 Å². The Hall–Kier alpha value is -4.23. The number of anilines is 2. The summed E-state index contributed by atoms with van der Waals surface area (Å²) in [5, 5.41) is 11.4. The molecule has 166 valence electrons. The molecule has 0 unspecified atom stereocenters. The van der Waals surface area contributed by atoms with Crippen LogP contribution in [0, 0.1) is 24.1 Å². The molecule has 0 aliphatic rings. The quantitative estimate of drug-likeness (QED) is 0.377. The predicted molar refractivity (Wildman–Crippen MR) is 118 cm³/mol. The monoisotopic (exact) mass is 464 g/mol. The number of hydrogen-bond donors (Lipinski definition) is 0. The number of aromatic nitrogens is 2. The highest BCUT2D eigenvalue weighted by Crippen LogP contribution is 2.31. The second-order valence-electron chi connectivity index (χ2n) is 6.92. The molecular weight excluding hydrogens is 447 g/mol. The fourth-order valence-electron chi connectivity index (χ4n) is 3.25. The molecule has 4 aromatic rings. The lowest BCUT2D eigenvalue weighted by molar-refractivity contribution is -0.115. The molecule has 0 aliphatic heterocycles. The van der Waals surface area contributed by atoms with Gasteiger partial charge in [0.05, 0.1) is 11.4 Å². The van der Waals surface area contributed by atoms with Gasteiger partial charge in [-0.15, -0.1) is 11.3 Å². The number of thiazole rings is 1. The average Bonchev–Trinajstić information content (AvgIpc) is 3.53. The van der Waals surface area contributed by atoms with Crippen molar-refractivity contribution >= 4 is 34.0 Å². The zero-order valence-electron chi connectivity index (χ0n) is 17.6. The number of furan rings is 1. The number of carbonyl (C=O) groups is 2. The number of para-hydroxylation sites is 1. The number of esters is 1. The first-order chi connectivity index (χ1) is 15.9. The Labute approximate surface area is 192 Å². The first-order valence-electron chi connectivity index (χ1n) is 9.74. The molecule has 3 heterocycles. The summed E-state index contributed by atoms with van der Waals surface area (Å²) in [6, 6.07) is 11.4. The summed E-state index contributed by atoms with van der Waals surface area (Å²) < 4.78 is 26.8. The Morgan fingerprint density at radius 2 is 2.00 bits per heavy atom. The molecule has 0 radical (unpaired) electrons. The van der Waals surface area contributed by atoms with Crippen molar-refractivity contribution in [1.29, 1.82) is 5.26 Å². The zero-order valence-corrected chi connectivity index (χ0v) is 18.4. The third-order valence-corrected chi connectivity index (χ3v) is 5.59. The minimum Gasteiger partial charge on any atom is -0.455 e. The molecule has 8 nitrogen and oxygen atoms in total. The summed E-state index contributed by atoms with van der Waals surface area (Å²) in [7, 11) is 0. The summed E-state index contributed by atoms with van der Waals surface area (Å²) in [5.74, 6) is -1.23. The van der Waals surface area contributed by atoms with Crippen LogP contribution in [0.3, 0.4) is 0 Å². The largest absolute Gasteiger partial charge is 0.455 e. The SMILES string of the molecule is CC(=O)N(c1nc(COC(=O)c2c(C)oc(-n3cccc3)c2C#N)cs1)c1ccccc1F. The number of nitriles is 1. The molecule has 0 N–H and O–H groups in total. The summed E-state index contributed by atoms with van der Waals surface area (Å²) in [4.78, 5) is 30.4. The molecule has 0 bridgehead atoms. The zero-order chi connectivity index (χ0) is 23.5. The highest BCUT2D eigenvalue weighted by molar-refractivity contribution is 7.14. The molecule has 0 fully saturated rings. The van der Waals surface area contributed by atoms with Gasteiger partial charge in [0.15, 0.2) is 5.13 Å². The number of hydrogen-bond acceptors (Lipinski definition) is 7. The smallest absolute Gasteiger partial charge is 0.343 e. The van der Waals surface area contributed by atoms with Crippen LogP contribution in [-0.4, -0.2) is 21.4 Å². The first kappa shape index (κ1) is 22.0. The van der Waals surface area contributed by atoms with Crippen molar-refractivity contribution in [2.75, 3.05) is 4.90 Å². The number of aryl methyl sites for hydroxylation is 1. The maximum absolute atomic E-state index is 14.2. The minimum atomic E-state index is -0.738. The van der Waals surface area contributed by atoms with Crippen molar-refractivity contribution < 1.29 is 23.1 Å². The van der Waals surface area contributed by atoms with E-state index in [9.17, 15) is 19.2 Å². The van der Waals surface area contributed by atoms with Crippen molar-refractivity contribution in [3.05, 3.63) is 82.6 Å². The number of benzene rings is 1. The molecule has 4 rings (SSSR count). The van der Waals surface area contributed by atoms with E-state index in [1.165, 1.54) is 25.1 Å². The molecule has 0 saturated carbocycles. The highest BCUT2D eigenvalue weighted by atomic mass is 32.1. The van der Waals surface area contributed by atoms with Crippen molar-refractivity contribution in [1.82, 2.24) is 9.55 Å². The first-order valence-corrected chi connectivity index (χ1v) is 10.6. The highest BCUT2D eigenvalue weighted by Gasteiger charge is 2.26. The van der Waals surface area contributed by atoms with E-state index in [0.717, 1.165) is 16.2 Å². The summed E-state index contributed by atoms with van der Waals surface area (Å²) in [5.41, 5.74) is 0.549. The van der Waals surface area contributed by atoms with Gasteiger partial charge < -0.3 is 9.15 Å². The van der Waals surface area contributed by atoms with Crippen molar-refractivity contribution in [2.24, 2.45) is 0 Å². The molecule has 0 aliphatic carbocycles. The normalized spacial score (nSPS) is 10.6.